The van der Waals surface area contributed by atoms with Crippen LogP contribution in [0.5, 0.6) is 0 Å². The molecular formula is C16H18N4O4S. The average Bonchev–Trinajstić information content (AvgIpc) is 2.94. The Morgan fingerprint density at radius 2 is 2.00 bits per heavy atom. The number of rotatable bonds is 5. The van der Waals surface area contributed by atoms with Crippen LogP contribution in [0.1, 0.15) is 29.2 Å². The van der Waals surface area contributed by atoms with Crippen molar-refractivity contribution >= 4 is 29.2 Å². The van der Waals surface area contributed by atoms with Gasteiger partial charge in [-0.3, -0.25) is 15.1 Å². The zero-order valence-corrected chi connectivity index (χ0v) is 14.8. The van der Waals surface area contributed by atoms with Gasteiger partial charge in [-0.25, -0.2) is 14.6 Å². The second-order valence-electron chi connectivity index (χ2n) is 5.57. The molecule has 9 heteroatoms. The first-order valence-electron chi connectivity index (χ1n) is 7.49. The van der Waals surface area contributed by atoms with Crippen molar-refractivity contribution < 1.29 is 19.1 Å². The van der Waals surface area contributed by atoms with Crippen LogP contribution in [0, 0.1) is 12.8 Å². The number of amides is 3. The lowest BCUT2D eigenvalue weighted by atomic mass is 10.1. The molecule has 2 rings (SSSR count). The Hall–Kier alpha value is -2.81. The average molecular weight is 362 g/mol. The summed E-state index contributed by atoms with van der Waals surface area (Å²) in [6.07, 6.45) is 0.493. The van der Waals surface area contributed by atoms with Crippen molar-refractivity contribution in [2.75, 3.05) is 0 Å². The van der Waals surface area contributed by atoms with Gasteiger partial charge < -0.3 is 10.5 Å². The number of nitrogens with one attached hydrogen (secondary N) is 1. The Labute approximate surface area is 148 Å². The Kier molecular flexibility index (Phi) is 5.81. The lowest BCUT2D eigenvalue weighted by Crippen LogP contribution is -2.45. The molecule has 3 N–H and O–H groups in total. The Bertz CT molecular complexity index is 789. The van der Waals surface area contributed by atoms with Crippen LogP contribution >= 0.6 is 11.3 Å². The molecule has 132 valence electrons. The van der Waals surface area contributed by atoms with Crippen molar-refractivity contribution in [1.29, 1.82) is 0 Å². The molecule has 0 unspecified atom stereocenters. The summed E-state index contributed by atoms with van der Waals surface area (Å²) in [4.78, 5) is 44.0. The molecule has 0 aromatic carbocycles. The van der Waals surface area contributed by atoms with E-state index >= 15 is 0 Å². The Morgan fingerprint density at radius 1 is 1.28 bits per heavy atom. The molecular weight excluding hydrogens is 344 g/mol. The molecule has 2 aromatic rings. The number of ether oxygens (including phenoxy) is 1. The third-order valence-corrected chi connectivity index (χ3v) is 4.37. The highest BCUT2D eigenvalue weighted by molar-refractivity contribution is 7.17. The van der Waals surface area contributed by atoms with Crippen LogP contribution in [0.2, 0.25) is 0 Å². The molecule has 2 heterocycles. The zero-order valence-electron chi connectivity index (χ0n) is 14.0. The second-order valence-corrected chi connectivity index (χ2v) is 6.57. The summed E-state index contributed by atoms with van der Waals surface area (Å²) >= 11 is 1.13. The zero-order chi connectivity index (χ0) is 18.6. The SMILES string of the molecule is Cc1nc(-c2ccccn2)sc1C(=O)O[C@H](C(=O)NC(N)=O)C(C)C. The van der Waals surface area contributed by atoms with Crippen molar-refractivity contribution in [3.63, 3.8) is 0 Å². The van der Waals surface area contributed by atoms with Gasteiger partial charge in [0.05, 0.1) is 11.4 Å². The maximum absolute atomic E-state index is 12.4. The number of aryl methyl sites for hydroxylation is 1. The van der Waals surface area contributed by atoms with Gasteiger partial charge in [0.2, 0.25) is 0 Å². The van der Waals surface area contributed by atoms with Gasteiger partial charge in [-0.05, 0) is 25.0 Å². The molecule has 0 saturated heterocycles. The van der Waals surface area contributed by atoms with Crippen molar-refractivity contribution in [2.45, 2.75) is 26.9 Å². The minimum atomic E-state index is -1.14. The third-order valence-electron chi connectivity index (χ3n) is 3.21. The number of imide groups is 1. The number of nitrogens with zero attached hydrogens (tertiary/aromatic N) is 2. The molecule has 0 spiro atoms. The molecule has 0 aliphatic rings. The molecule has 2 aromatic heterocycles. The molecule has 3 amide bonds. The highest BCUT2D eigenvalue weighted by Gasteiger charge is 2.29. The number of primary amides is 1. The maximum atomic E-state index is 12.4. The number of hydrogen-bond acceptors (Lipinski definition) is 7. The molecule has 0 aliphatic heterocycles. The monoisotopic (exact) mass is 362 g/mol. The first-order chi connectivity index (χ1) is 11.8. The number of nitrogens with two attached hydrogens (primary N) is 1. The minimum Gasteiger partial charge on any atom is -0.448 e. The van der Waals surface area contributed by atoms with Crippen LogP contribution in [0.3, 0.4) is 0 Å². The van der Waals surface area contributed by atoms with E-state index in [0.717, 1.165) is 11.3 Å². The predicted octanol–water partition coefficient (Wildman–Crippen LogP) is 1.89. The number of pyridine rings is 1. The van der Waals surface area contributed by atoms with Crippen LogP contribution < -0.4 is 11.1 Å². The highest BCUT2D eigenvalue weighted by Crippen LogP contribution is 2.27. The first-order valence-corrected chi connectivity index (χ1v) is 8.31. The summed E-state index contributed by atoms with van der Waals surface area (Å²) in [6, 6.07) is 4.38. The van der Waals surface area contributed by atoms with Crippen molar-refractivity contribution in [2.24, 2.45) is 11.7 Å². The molecule has 8 nitrogen and oxygen atoms in total. The summed E-state index contributed by atoms with van der Waals surface area (Å²) < 4.78 is 5.28. The number of hydrogen-bond donors (Lipinski definition) is 2. The van der Waals surface area contributed by atoms with Crippen molar-refractivity contribution in [3.05, 3.63) is 35.0 Å². The normalized spacial score (nSPS) is 11.8. The number of carbonyl (C=O) groups excluding carboxylic acids is 3. The van der Waals surface area contributed by atoms with E-state index in [1.54, 1.807) is 39.1 Å². The Balaban J connectivity index is 2.21. The van der Waals surface area contributed by atoms with E-state index in [4.69, 9.17) is 10.5 Å². The van der Waals surface area contributed by atoms with Crippen LogP contribution in [0.25, 0.3) is 10.7 Å². The van der Waals surface area contributed by atoms with Crippen LogP contribution in [-0.4, -0.2) is 34.0 Å². The molecule has 0 aliphatic carbocycles. The van der Waals surface area contributed by atoms with E-state index < -0.39 is 24.0 Å². The lowest BCUT2D eigenvalue weighted by Gasteiger charge is -2.19. The number of aromatic nitrogens is 2. The van der Waals surface area contributed by atoms with Gasteiger partial charge in [-0.1, -0.05) is 19.9 Å². The number of thiazole rings is 1. The summed E-state index contributed by atoms with van der Waals surface area (Å²) in [5, 5.41) is 2.50. The smallest absolute Gasteiger partial charge is 0.351 e. The van der Waals surface area contributed by atoms with E-state index in [1.807, 2.05) is 11.4 Å². The van der Waals surface area contributed by atoms with Gasteiger partial charge in [0.25, 0.3) is 5.91 Å². The molecule has 25 heavy (non-hydrogen) atoms. The summed E-state index contributed by atoms with van der Waals surface area (Å²) in [7, 11) is 0. The molecule has 0 fully saturated rings. The number of urea groups is 1. The third kappa shape index (κ3) is 4.60. The van der Waals surface area contributed by atoms with Crippen molar-refractivity contribution in [1.82, 2.24) is 15.3 Å². The van der Waals surface area contributed by atoms with Crippen LogP contribution in [-0.2, 0) is 9.53 Å². The fourth-order valence-electron chi connectivity index (χ4n) is 2.04. The van der Waals surface area contributed by atoms with Crippen molar-refractivity contribution in [3.8, 4) is 10.7 Å². The van der Waals surface area contributed by atoms with Gasteiger partial charge in [-0.15, -0.1) is 11.3 Å². The standard InChI is InChI=1S/C16H18N4O4S/c1-8(2)11(13(21)20-16(17)23)24-15(22)12-9(3)19-14(25-12)10-6-4-5-7-18-10/h4-8,11H,1-3H3,(H3,17,20,21,23)/t11-/m0/s1. The highest BCUT2D eigenvalue weighted by atomic mass is 32.1. The Morgan fingerprint density at radius 3 is 2.56 bits per heavy atom. The molecule has 0 saturated carbocycles. The second kappa shape index (κ2) is 7.84. The number of esters is 1. The van der Waals surface area contributed by atoms with E-state index in [2.05, 4.69) is 9.97 Å². The summed E-state index contributed by atoms with van der Waals surface area (Å²) in [5.41, 5.74) is 6.06. The summed E-state index contributed by atoms with van der Waals surface area (Å²) in [5.74, 6) is -1.79. The van der Waals surface area contributed by atoms with E-state index in [-0.39, 0.29) is 10.8 Å². The van der Waals surface area contributed by atoms with Gasteiger partial charge in [0.15, 0.2) is 6.10 Å². The fraction of sp³-hybridized carbons (Fsp3) is 0.312. The summed E-state index contributed by atoms with van der Waals surface area (Å²) in [6.45, 7) is 5.06. The van der Waals surface area contributed by atoms with Gasteiger partial charge in [0, 0.05) is 6.20 Å². The van der Waals surface area contributed by atoms with E-state index in [0.29, 0.717) is 16.4 Å². The predicted molar refractivity (Wildman–Crippen MR) is 91.8 cm³/mol. The van der Waals surface area contributed by atoms with E-state index in [1.165, 1.54) is 0 Å². The maximum Gasteiger partial charge on any atom is 0.351 e. The fourth-order valence-corrected chi connectivity index (χ4v) is 2.96. The van der Waals surface area contributed by atoms with E-state index in [9.17, 15) is 14.4 Å². The van der Waals surface area contributed by atoms with Crippen LogP contribution in [0.15, 0.2) is 24.4 Å². The topological polar surface area (TPSA) is 124 Å². The van der Waals surface area contributed by atoms with Crippen LogP contribution in [0.4, 0.5) is 4.79 Å². The lowest BCUT2D eigenvalue weighted by molar-refractivity contribution is -0.130. The molecule has 0 bridgehead atoms. The van der Waals surface area contributed by atoms with Gasteiger partial charge in [0.1, 0.15) is 9.88 Å². The molecule has 1 atom stereocenters. The number of carbonyl (C=O) groups is 3. The largest absolute Gasteiger partial charge is 0.448 e. The quantitative estimate of drug-likeness (QED) is 0.783. The molecule has 0 radical (unpaired) electrons. The minimum absolute atomic E-state index is 0.276. The first kappa shape index (κ1) is 18.5. The van der Waals surface area contributed by atoms with Gasteiger partial charge in [-0.2, -0.15) is 0 Å². The van der Waals surface area contributed by atoms with Gasteiger partial charge >= 0.3 is 12.0 Å².